The van der Waals surface area contributed by atoms with Gasteiger partial charge >= 0.3 is 0 Å². The molecule has 0 fully saturated rings. The molecule has 18 aromatic rings. The first kappa shape index (κ1) is 51.0. The van der Waals surface area contributed by atoms with Crippen molar-refractivity contribution in [2.75, 3.05) is 0 Å². The highest BCUT2D eigenvalue weighted by atomic mass is 15.0. The van der Waals surface area contributed by atoms with Crippen LogP contribution in [0.3, 0.4) is 0 Å². The number of nitriles is 1. The molecule has 13 aromatic carbocycles. The highest BCUT2D eigenvalue weighted by molar-refractivity contribution is 6.16. The number of rotatable bonds is 9. The van der Waals surface area contributed by atoms with Crippen LogP contribution in [-0.4, -0.2) is 23.3 Å². The van der Waals surface area contributed by atoms with Gasteiger partial charge in [-0.05, 0) is 136 Å². The summed E-state index contributed by atoms with van der Waals surface area (Å²) in [4.78, 5) is 4.60. The summed E-state index contributed by atoms with van der Waals surface area (Å²) in [6.07, 6.45) is 3.69. The molecule has 0 aliphatic heterocycles. The van der Waals surface area contributed by atoms with Crippen molar-refractivity contribution in [2.24, 2.45) is 0 Å². The van der Waals surface area contributed by atoms with E-state index in [1.807, 2.05) is 12.4 Å². The molecule has 6 heteroatoms. The molecule has 418 valence electrons. The van der Waals surface area contributed by atoms with Crippen LogP contribution in [0.4, 0.5) is 0 Å². The number of fused-ring (bicyclic) bond motifs is 12. The maximum Gasteiger partial charge on any atom is 0.102 e. The first-order valence-corrected chi connectivity index (χ1v) is 30.6. The average molecular weight is 1150 g/mol. The molecule has 0 unspecified atom stereocenters. The fourth-order valence-electron chi connectivity index (χ4n) is 14.6. The van der Waals surface area contributed by atoms with Crippen molar-refractivity contribution in [3.63, 3.8) is 0 Å². The molecule has 0 saturated carbocycles. The highest BCUT2D eigenvalue weighted by Crippen LogP contribution is 2.53. The van der Waals surface area contributed by atoms with Crippen molar-refractivity contribution in [1.82, 2.24) is 23.3 Å². The maximum absolute atomic E-state index is 12.6. The van der Waals surface area contributed by atoms with Gasteiger partial charge in [-0.2, -0.15) is 5.26 Å². The van der Waals surface area contributed by atoms with Gasteiger partial charge in [0.25, 0.3) is 0 Å². The van der Waals surface area contributed by atoms with Gasteiger partial charge in [0.05, 0.1) is 61.1 Å². The summed E-state index contributed by atoms with van der Waals surface area (Å²) in [5, 5.41) is 21.8. The molecule has 5 aromatic heterocycles. The van der Waals surface area contributed by atoms with Crippen LogP contribution in [0.1, 0.15) is 5.56 Å². The van der Waals surface area contributed by atoms with Gasteiger partial charge in [0, 0.05) is 83.5 Å². The summed E-state index contributed by atoms with van der Waals surface area (Å²) in [5.41, 5.74) is 23.1. The summed E-state index contributed by atoms with van der Waals surface area (Å²) < 4.78 is 9.59. The Kier molecular flexibility index (Phi) is 11.6. The number of para-hydroxylation sites is 6. The molecule has 6 nitrogen and oxygen atoms in total. The zero-order valence-electron chi connectivity index (χ0n) is 48.7. The first-order chi connectivity index (χ1) is 44.7. The molecule has 0 saturated heterocycles. The first-order valence-electron chi connectivity index (χ1n) is 30.6. The van der Waals surface area contributed by atoms with Crippen LogP contribution in [0.2, 0.25) is 0 Å². The normalized spacial score (nSPS) is 11.8. The molecule has 0 atom stereocenters. The Bertz CT molecular complexity index is 5830. The van der Waals surface area contributed by atoms with Gasteiger partial charge in [-0.3, -0.25) is 4.98 Å². The fourth-order valence-corrected chi connectivity index (χ4v) is 14.6. The Morgan fingerprint density at radius 2 is 0.533 bits per heavy atom. The van der Waals surface area contributed by atoms with Gasteiger partial charge < -0.3 is 18.3 Å². The Morgan fingerprint density at radius 1 is 0.233 bits per heavy atom. The van der Waals surface area contributed by atoms with Crippen LogP contribution >= 0.6 is 0 Å². The van der Waals surface area contributed by atoms with Crippen LogP contribution in [0.15, 0.2) is 316 Å². The lowest BCUT2D eigenvalue weighted by Crippen LogP contribution is -2.10. The van der Waals surface area contributed by atoms with E-state index in [4.69, 9.17) is 0 Å². The fraction of sp³-hybridized carbons (Fsp3) is 0. The third-order valence-electron chi connectivity index (χ3n) is 18.5. The minimum atomic E-state index is 0.542. The second-order valence-corrected chi connectivity index (χ2v) is 23.3. The summed E-state index contributed by atoms with van der Waals surface area (Å²) in [6, 6.07) is 112. The van der Waals surface area contributed by atoms with E-state index in [1.54, 1.807) is 0 Å². The Morgan fingerprint density at radius 3 is 0.922 bits per heavy atom. The molecule has 18 rings (SSSR count). The lowest BCUT2D eigenvalue weighted by Gasteiger charge is -2.28. The van der Waals surface area contributed by atoms with Crippen LogP contribution in [0.25, 0.3) is 166 Å². The van der Waals surface area contributed by atoms with E-state index in [-0.39, 0.29) is 0 Å². The molecule has 90 heavy (non-hydrogen) atoms. The summed E-state index contributed by atoms with van der Waals surface area (Å²) in [6.45, 7) is 0. The average Bonchev–Trinajstić information content (AvgIpc) is 1.41. The van der Waals surface area contributed by atoms with Crippen molar-refractivity contribution < 1.29 is 0 Å². The lowest BCUT2D eigenvalue weighted by molar-refractivity contribution is 1.14. The third kappa shape index (κ3) is 7.73. The van der Waals surface area contributed by atoms with Gasteiger partial charge in [-0.1, -0.05) is 206 Å². The number of pyridine rings is 1. The van der Waals surface area contributed by atoms with E-state index in [0.717, 1.165) is 122 Å². The molecule has 0 aliphatic rings. The van der Waals surface area contributed by atoms with Gasteiger partial charge in [0.2, 0.25) is 0 Å². The number of benzene rings is 13. The number of hydrogen-bond donors (Lipinski definition) is 0. The van der Waals surface area contributed by atoms with Gasteiger partial charge in [0.15, 0.2) is 0 Å². The van der Waals surface area contributed by atoms with Gasteiger partial charge in [0.1, 0.15) is 6.07 Å². The second kappa shape index (κ2) is 20.4. The number of hydrogen-bond acceptors (Lipinski definition) is 2. The third-order valence-corrected chi connectivity index (χ3v) is 18.5. The van der Waals surface area contributed by atoms with E-state index in [9.17, 15) is 5.26 Å². The van der Waals surface area contributed by atoms with Crippen molar-refractivity contribution >= 4 is 87.2 Å². The summed E-state index contributed by atoms with van der Waals surface area (Å²) >= 11 is 0. The van der Waals surface area contributed by atoms with Crippen LogP contribution in [0.5, 0.6) is 0 Å². The van der Waals surface area contributed by atoms with E-state index < -0.39 is 0 Å². The predicted molar refractivity (Wildman–Crippen MR) is 373 cm³/mol. The lowest BCUT2D eigenvalue weighted by atomic mass is 9.83. The Hall–Kier alpha value is -12.3. The van der Waals surface area contributed by atoms with E-state index >= 15 is 0 Å². The minimum Gasteiger partial charge on any atom is -0.309 e. The Balaban J connectivity index is 0.970. The number of nitrogens with zero attached hydrogens (tertiary/aromatic N) is 6. The molecule has 0 spiro atoms. The molecular formula is C84H52N6. The molecular weight excluding hydrogens is 1090 g/mol. The zero-order valence-corrected chi connectivity index (χ0v) is 48.7. The van der Waals surface area contributed by atoms with Gasteiger partial charge in [-0.25, -0.2) is 0 Å². The molecule has 0 bridgehead atoms. The second-order valence-electron chi connectivity index (χ2n) is 23.3. The zero-order chi connectivity index (χ0) is 59.4. The van der Waals surface area contributed by atoms with E-state index in [1.165, 1.54) is 43.8 Å². The maximum atomic E-state index is 12.6. The largest absolute Gasteiger partial charge is 0.309 e. The van der Waals surface area contributed by atoms with E-state index in [2.05, 4.69) is 333 Å². The SMILES string of the molecule is N#Cc1c(-c2ccncc2)c(-n2c3ccccc3c3ccccc32)c(-c2ccc(-n3c4ccccc4c4cc(-c5ccccc5)ccc43)cc2)c(-c2ccc(-n3c4ccccc4c4cc(-c5ccccc5)ccc43)cc2)c1-n1c2ccccc2c2ccccc21. The monoisotopic (exact) mass is 1140 g/mol. The molecule has 5 heterocycles. The Labute approximate surface area is 518 Å². The van der Waals surface area contributed by atoms with Crippen LogP contribution in [-0.2, 0) is 0 Å². The van der Waals surface area contributed by atoms with Crippen molar-refractivity contribution in [2.45, 2.75) is 0 Å². The van der Waals surface area contributed by atoms with Crippen molar-refractivity contribution in [3.05, 3.63) is 321 Å². The smallest absolute Gasteiger partial charge is 0.102 e. The molecule has 0 radical (unpaired) electrons. The van der Waals surface area contributed by atoms with Crippen LogP contribution < -0.4 is 0 Å². The summed E-state index contributed by atoms with van der Waals surface area (Å²) in [7, 11) is 0. The summed E-state index contributed by atoms with van der Waals surface area (Å²) in [5.74, 6) is 0. The molecule has 0 aliphatic carbocycles. The van der Waals surface area contributed by atoms with Crippen molar-refractivity contribution in [3.8, 4) is 84.5 Å². The quantitative estimate of drug-likeness (QED) is 0.145. The minimum absolute atomic E-state index is 0.542. The molecule has 0 N–H and O–H groups in total. The standard InChI is InChI=1S/C84H52N6/c85-53-71-80(58-47-49-86-50-48-58)84(90-76-33-17-9-25-65(76)66-26-10-18-34-77(66)90)82(57-37-43-62(44-38-57)88-73-30-14-12-28-68(73)70-52-60(40-46-79(70)88)55-21-5-2-6-22-55)81(83(71)89-74-31-15-7-23-63(74)64-24-8-16-32-75(64)89)56-35-41-61(42-36-56)87-72-29-13-11-27-67(72)69-51-59(39-45-78(69)87)54-19-3-1-4-20-54/h1-52H. The predicted octanol–water partition coefficient (Wildman–Crippen LogP) is 21.7. The van der Waals surface area contributed by atoms with Gasteiger partial charge in [-0.15, -0.1) is 0 Å². The van der Waals surface area contributed by atoms with E-state index in [0.29, 0.717) is 5.56 Å². The number of aromatic nitrogens is 5. The van der Waals surface area contributed by atoms with Crippen molar-refractivity contribution in [1.29, 1.82) is 5.26 Å². The molecule has 0 amide bonds. The highest BCUT2D eigenvalue weighted by Gasteiger charge is 2.32. The van der Waals surface area contributed by atoms with Crippen LogP contribution in [0, 0.1) is 11.3 Å². The topological polar surface area (TPSA) is 56.4 Å².